The lowest BCUT2D eigenvalue weighted by Gasteiger charge is -1.98. The molecule has 0 atom stereocenters. The van der Waals surface area contributed by atoms with Gasteiger partial charge < -0.3 is 4.55 Å². The number of pyridine rings is 1. The molecular formula is C15H16N2O6S. The molecule has 0 amide bonds. The highest BCUT2D eigenvalue weighted by atomic mass is 32.3. The van der Waals surface area contributed by atoms with Gasteiger partial charge >= 0.3 is 0 Å². The molecule has 1 aromatic carbocycles. The van der Waals surface area contributed by atoms with Crippen LogP contribution in [-0.2, 0) is 21.6 Å². The third kappa shape index (κ3) is 7.09. The predicted octanol–water partition coefficient (Wildman–Crippen LogP) is 1.68. The Kier molecular flexibility index (Phi) is 7.18. The van der Waals surface area contributed by atoms with E-state index in [4.69, 9.17) is 0 Å². The third-order valence-corrected chi connectivity index (χ3v) is 3.26. The lowest BCUT2D eigenvalue weighted by atomic mass is 10.2. The Morgan fingerprint density at radius 3 is 2.17 bits per heavy atom. The molecule has 1 heterocycles. The van der Waals surface area contributed by atoms with Gasteiger partial charge in [0.15, 0.2) is 6.20 Å². The molecule has 8 nitrogen and oxygen atoms in total. The van der Waals surface area contributed by atoms with Gasteiger partial charge in [0.25, 0.3) is 5.69 Å². The number of rotatable bonds is 4. The Labute approximate surface area is 139 Å². The van der Waals surface area contributed by atoms with E-state index in [1.165, 1.54) is 12.1 Å². The number of nitro groups is 1. The van der Waals surface area contributed by atoms with Crippen LogP contribution >= 0.6 is 0 Å². The van der Waals surface area contributed by atoms with Crippen molar-refractivity contribution in [3.05, 3.63) is 70.0 Å². The smallest absolute Gasteiger partial charge is 0.269 e. The minimum atomic E-state index is -4.41. The molecule has 1 aromatic heterocycles. The lowest BCUT2D eigenvalue weighted by Crippen LogP contribution is -2.30. The van der Waals surface area contributed by atoms with E-state index in [1.807, 2.05) is 48.2 Å². The van der Waals surface area contributed by atoms with Gasteiger partial charge in [-0.15, -0.1) is 0 Å². The molecule has 0 bridgehead atoms. The summed E-state index contributed by atoms with van der Waals surface area (Å²) in [6.45, 7) is 0. The van der Waals surface area contributed by atoms with Gasteiger partial charge in [-0.3, -0.25) is 14.3 Å². The summed E-state index contributed by atoms with van der Waals surface area (Å²) in [6, 6.07) is 12.4. The van der Waals surface area contributed by atoms with Crippen LogP contribution in [0.15, 0.2) is 48.7 Å². The molecule has 0 saturated carbocycles. The second kappa shape index (κ2) is 8.87. The van der Waals surface area contributed by atoms with Crippen molar-refractivity contribution in [3.8, 4) is 0 Å². The van der Waals surface area contributed by atoms with Crippen LogP contribution in [0.25, 0.3) is 12.2 Å². The quantitative estimate of drug-likeness (QED) is 0.272. The third-order valence-electron chi connectivity index (χ3n) is 2.85. The fourth-order valence-corrected chi connectivity index (χ4v) is 1.60. The summed E-state index contributed by atoms with van der Waals surface area (Å²) in [5.41, 5.74) is 2.11. The van der Waals surface area contributed by atoms with Crippen molar-refractivity contribution in [2.45, 2.75) is 0 Å². The van der Waals surface area contributed by atoms with Crippen molar-refractivity contribution in [1.29, 1.82) is 0 Å². The van der Waals surface area contributed by atoms with Gasteiger partial charge in [-0.05, 0) is 29.8 Å². The highest BCUT2D eigenvalue weighted by Crippen LogP contribution is 2.13. The van der Waals surface area contributed by atoms with E-state index in [0.717, 1.165) is 18.4 Å². The van der Waals surface area contributed by atoms with Gasteiger partial charge in [0, 0.05) is 30.3 Å². The average Bonchev–Trinajstić information content (AvgIpc) is 2.54. The zero-order chi connectivity index (χ0) is 18.2. The molecule has 0 aliphatic rings. The molecule has 0 N–H and O–H groups in total. The van der Waals surface area contributed by atoms with E-state index in [-0.39, 0.29) is 5.69 Å². The summed E-state index contributed by atoms with van der Waals surface area (Å²) in [5, 5.41) is 10.5. The van der Waals surface area contributed by atoms with Gasteiger partial charge in [0.2, 0.25) is 16.1 Å². The molecule has 0 saturated heterocycles. The first kappa shape index (κ1) is 19.4. The van der Waals surface area contributed by atoms with Crippen molar-refractivity contribution in [1.82, 2.24) is 0 Å². The molecule has 2 aromatic rings. The Hall–Kier alpha value is -2.62. The maximum atomic E-state index is 10.5. The minimum Gasteiger partial charge on any atom is -0.726 e. The molecule has 0 spiro atoms. The van der Waals surface area contributed by atoms with Crippen LogP contribution < -0.4 is 4.57 Å². The van der Waals surface area contributed by atoms with Crippen molar-refractivity contribution < 1.29 is 26.6 Å². The number of nitro benzene ring substituents is 1. The molecule has 2 rings (SSSR count). The molecule has 24 heavy (non-hydrogen) atoms. The molecular weight excluding hydrogens is 336 g/mol. The predicted molar refractivity (Wildman–Crippen MR) is 86.3 cm³/mol. The second-order valence-corrected chi connectivity index (χ2v) is 5.64. The summed E-state index contributed by atoms with van der Waals surface area (Å²) in [4.78, 5) is 10.1. The SMILES string of the molecule is COS(=O)(=O)[O-].C[n+]1ccccc1/C=C/c1ccc([N+](=O)[O-])cc1. The van der Waals surface area contributed by atoms with Crippen LogP contribution in [-0.4, -0.2) is 25.0 Å². The topological polar surface area (TPSA) is 113 Å². The first-order valence-corrected chi connectivity index (χ1v) is 7.95. The van der Waals surface area contributed by atoms with Crippen LogP contribution in [0.2, 0.25) is 0 Å². The van der Waals surface area contributed by atoms with Gasteiger partial charge in [-0.1, -0.05) is 0 Å². The normalized spacial score (nSPS) is 11.0. The zero-order valence-electron chi connectivity index (χ0n) is 13.0. The average molecular weight is 352 g/mol. The highest BCUT2D eigenvalue weighted by Gasteiger charge is 2.03. The number of nitrogens with zero attached hydrogens (tertiary/aromatic N) is 2. The maximum Gasteiger partial charge on any atom is 0.269 e. The number of aromatic nitrogens is 1. The van der Waals surface area contributed by atoms with Crippen LogP contribution in [0.3, 0.4) is 0 Å². The minimum absolute atomic E-state index is 0.109. The van der Waals surface area contributed by atoms with Crippen molar-refractivity contribution >= 4 is 28.2 Å². The van der Waals surface area contributed by atoms with E-state index < -0.39 is 15.3 Å². The number of hydrogen-bond acceptors (Lipinski definition) is 6. The lowest BCUT2D eigenvalue weighted by molar-refractivity contribution is -0.673. The second-order valence-electron chi connectivity index (χ2n) is 4.49. The summed E-state index contributed by atoms with van der Waals surface area (Å²) < 4.78 is 33.0. The standard InChI is InChI=1S/C14H13N2O2.CH4O4S/c1-15-11-3-2-4-13(15)8-5-12-6-9-14(10-7-12)16(17)18;1-5-6(2,3)4/h2-11H,1H3;1H3,(H,2,3,4)/q+1;/p-1/b8-5+;. The van der Waals surface area contributed by atoms with Crippen LogP contribution in [0.4, 0.5) is 5.69 Å². The summed E-state index contributed by atoms with van der Waals surface area (Å²) in [5.74, 6) is 0. The molecule has 9 heteroatoms. The van der Waals surface area contributed by atoms with E-state index in [0.29, 0.717) is 0 Å². The van der Waals surface area contributed by atoms with E-state index in [2.05, 4.69) is 4.18 Å². The summed E-state index contributed by atoms with van der Waals surface area (Å²) in [7, 11) is -1.64. The maximum absolute atomic E-state index is 10.5. The van der Waals surface area contributed by atoms with E-state index in [9.17, 15) is 23.1 Å². The highest BCUT2D eigenvalue weighted by molar-refractivity contribution is 7.80. The number of aryl methyl sites for hydroxylation is 1. The Morgan fingerprint density at radius 1 is 1.12 bits per heavy atom. The fourth-order valence-electron chi connectivity index (χ4n) is 1.60. The molecule has 0 fully saturated rings. The number of benzene rings is 1. The van der Waals surface area contributed by atoms with Crippen LogP contribution in [0.5, 0.6) is 0 Å². The van der Waals surface area contributed by atoms with E-state index >= 15 is 0 Å². The van der Waals surface area contributed by atoms with Crippen LogP contribution in [0.1, 0.15) is 11.3 Å². The first-order valence-electron chi connectivity index (χ1n) is 6.61. The van der Waals surface area contributed by atoms with Crippen molar-refractivity contribution in [2.75, 3.05) is 7.11 Å². The monoisotopic (exact) mass is 352 g/mol. The first-order chi connectivity index (χ1) is 11.2. The van der Waals surface area contributed by atoms with E-state index in [1.54, 1.807) is 12.1 Å². The Morgan fingerprint density at radius 2 is 1.71 bits per heavy atom. The Balaban J connectivity index is 0.000000413. The number of non-ortho nitro benzene ring substituents is 1. The summed E-state index contributed by atoms with van der Waals surface area (Å²) >= 11 is 0. The Bertz CT molecular complexity index is 816. The van der Waals surface area contributed by atoms with Gasteiger partial charge in [0.05, 0.1) is 12.0 Å². The molecule has 0 aliphatic heterocycles. The zero-order valence-corrected chi connectivity index (χ0v) is 13.8. The largest absolute Gasteiger partial charge is 0.726 e. The van der Waals surface area contributed by atoms with Gasteiger partial charge in [0.1, 0.15) is 7.05 Å². The summed E-state index contributed by atoms with van der Waals surface area (Å²) in [6.07, 6.45) is 5.87. The number of hydrogen-bond donors (Lipinski definition) is 0. The van der Waals surface area contributed by atoms with Gasteiger partial charge in [-0.25, -0.2) is 13.0 Å². The molecule has 0 unspecified atom stereocenters. The molecule has 0 aliphatic carbocycles. The fraction of sp³-hybridized carbons (Fsp3) is 0.133. The molecule has 128 valence electrons. The molecule has 0 radical (unpaired) electrons. The van der Waals surface area contributed by atoms with Crippen molar-refractivity contribution in [3.63, 3.8) is 0 Å². The van der Waals surface area contributed by atoms with Crippen molar-refractivity contribution in [2.24, 2.45) is 7.05 Å². The van der Waals surface area contributed by atoms with Gasteiger partial charge in [-0.2, -0.15) is 0 Å². The van der Waals surface area contributed by atoms with Crippen LogP contribution in [0, 0.1) is 10.1 Å².